The first-order valence-corrected chi connectivity index (χ1v) is 10.7. The Morgan fingerprint density at radius 3 is 2.74 bits per heavy atom. The molecule has 3 heterocycles. The molecular weight excluding hydrogens is 471 g/mol. The van der Waals surface area contributed by atoms with Crippen LogP contribution in [0.1, 0.15) is 17.5 Å². The first-order chi connectivity index (χ1) is 14.7. The average molecular weight is 482 g/mol. The number of thiazole rings is 1. The Morgan fingerprint density at radius 2 is 2.06 bits per heavy atom. The molecule has 0 aliphatic heterocycles. The zero-order valence-corrected chi connectivity index (χ0v) is 17.9. The maximum absolute atomic E-state index is 13.1. The number of fused-ring (bicyclic) bond motifs is 2. The highest BCUT2D eigenvalue weighted by molar-refractivity contribution is 7.99. The molecule has 1 N–H and O–H groups in total. The summed E-state index contributed by atoms with van der Waals surface area (Å²) in [6.07, 6.45) is -3.76. The van der Waals surface area contributed by atoms with Crippen LogP contribution in [0.25, 0.3) is 21.4 Å². The van der Waals surface area contributed by atoms with E-state index in [0.717, 1.165) is 33.1 Å². The third-order valence-corrected chi connectivity index (χ3v) is 6.70. The number of aliphatic hydroxyl groups excluding tert-OH is 1. The Labute approximate surface area is 186 Å². The molecule has 158 valence electrons. The van der Waals surface area contributed by atoms with Crippen molar-refractivity contribution in [2.24, 2.45) is 0 Å². The summed E-state index contributed by atoms with van der Waals surface area (Å²) in [7, 11) is 0. The third kappa shape index (κ3) is 4.06. The number of aromatic nitrogens is 4. The quantitative estimate of drug-likeness (QED) is 0.219. The average Bonchev–Trinajstić information content (AvgIpc) is 3.32. The number of benzene rings is 1. The number of halogens is 4. The van der Waals surface area contributed by atoms with Gasteiger partial charge in [0.15, 0.2) is 10.8 Å². The van der Waals surface area contributed by atoms with E-state index in [0.29, 0.717) is 10.5 Å². The molecule has 4 rings (SSSR count). The van der Waals surface area contributed by atoms with Gasteiger partial charge >= 0.3 is 6.18 Å². The van der Waals surface area contributed by atoms with Gasteiger partial charge in [-0.05, 0) is 25.1 Å². The summed E-state index contributed by atoms with van der Waals surface area (Å²) in [5, 5.41) is 27.5. The predicted molar refractivity (Wildman–Crippen MR) is 113 cm³/mol. The number of allylic oxidation sites excluding steroid dienone is 1. The fraction of sp³-hybridized carbons (Fsp3) is 0.158. The number of pyridine rings is 1. The van der Waals surface area contributed by atoms with Crippen LogP contribution >= 0.6 is 34.7 Å². The molecule has 0 bridgehead atoms. The van der Waals surface area contributed by atoms with E-state index < -0.39 is 17.0 Å². The number of nitrogens with zero attached hydrogens (tertiary/aromatic N) is 5. The van der Waals surface area contributed by atoms with Gasteiger partial charge in [-0.1, -0.05) is 35.5 Å². The van der Waals surface area contributed by atoms with Gasteiger partial charge < -0.3 is 5.11 Å². The Hall–Kier alpha value is -2.81. The van der Waals surface area contributed by atoms with Gasteiger partial charge in [-0.25, -0.2) is 4.98 Å². The van der Waals surface area contributed by atoms with Gasteiger partial charge in [-0.15, -0.1) is 21.5 Å². The molecule has 3 aromatic heterocycles. The molecule has 1 unspecified atom stereocenters. The smallest absolute Gasteiger partial charge is 0.417 e. The number of alkyl halides is 3. The molecule has 1 atom stereocenters. The van der Waals surface area contributed by atoms with Crippen molar-refractivity contribution in [2.75, 3.05) is 0 Å². The first-order valence-electron chi connectivity index (χ1n) is 8.66. The number of rotatable bonds is 4. The van der Waals surface area contributed by atoms with E-state index in [1.54, 1.807) is 13.0 Å². The van der Waals surface area contributed by atoms with Crippen LogP contribution in [0.2, 0.25) is 5.02 Å². The van der Waals surface area contributed by atoms with Crippen LogP contribution in [0, 0.1) is 11.3 Å². The van der Waals surface area contributed by atoms with E-state index in [9.17, 15) is 23.5 Å². The van der Waals surface area contributed by atoms with Gasteiger partial charge in [0.05, 0.1) is 26.1 Å². The normalized spacial score (nSPS) is 13.9. The van der Waals surface area contributed by atoms with E-state index >= 15 is 0 Å². The molecule has 0 aliphatic rings. The van der Waals surface area contributed by atoms with Gasteiger partial charge in [0.25, 0.3) is 0 Å². The summed E-state index contributed by atoms with van der Waals surface area (Å²) in [6.45, 7) is 1.60. The second-order valence-corrected chi connectivity index (χ2v) is 9.12. The summed E-state index contributed by atoms with van der Waals surface area (Å²) in [5.74, 6) is -0.263. The Balaban J connectivity index is 1.71. The van der Waals surface area contributed by atoms with E-state index in [4.69, 9.17) is 11.6 Å². The molecule has 31 heavy (non-hydrogen) atoms. The number of aliphatic hydroxyl groups is 1. The fourth-order valence-electron chi connectivity index (χ4n) is 2.78. The minimum absolute atomic E-state index is 0.0102. The highest BCUT2D eigenvalue weighted by Gasteiger charge is 2.32. The van der Waals surface area contributed by atoms with Crippen LogP contribution in [0.4, 0.5) is 13.2 Å². The Morgan fingerprint density at radius 1 is 1.32 bits per heavy atom. The zero-order valence-electron chi connectivity index (χ0n) is 15.6. The van der Waals surface area contributed by atoms with Crippen LogP contribution in [-0.2, 0) is 6.18 Å². The lowest BCUT2D eigenvalue weighted by molar-refractivity contribution is -0.137. The maximum atomic E-state index is 13.1. The molecule has 0 radical (unpaired) electrons. The molecule has 12 heteroatoms. The third-order valence-electron chi connectivity index (χ3n) is 4.30. The number of nitriles is 1. The number of hydrogen-bond acceptors (Lipinski definition) is 7. The molecule has 6 nitrogen and oxygen atoms in total. The molecule has 0 spiro atoms. The van der Waals surface area contributed by atoms with E-state index in [-0.39, 0.29) is 27.2 Å². The van der Waals surface area contributed by atoms with Crippen molar-refractivity contribution < 1.29 is 18.3 Å². The van der Waals surface area contributed by atoms with Crippen LogP contribution in [0.5, 0.6) is 0 Å². The molecular formula is C19H11ClF3N5OS2. The van der Waals surface area contributed by atoms with Crippen molar-refractivity contribution in [3.05, 3.63) is 57.9 Å². The summed E-state index contributed by atoms with van der Waals surface area (Å²) >= 11 is 8.13. The summed E-state index contributed by atoms with van der Waals surface area (Å²) in [6, 6.07) is 10.1. The fourth-order valence-corrected chi connectivity index (χ4v) is 4.88. The number of para-hydroxylation sites is 1. The van der Waals surface area contributed by atoms with E-state index in [2.05, 4.69) is 15.2 Å². The largest absolute Gasteiger partial charge is 0.510 e. The second kappa shape index (κ2) is 8.03. The van der Waals surface area contributed by atoms with Crippen molar-refractivity contribution in [3.63, 3.8) is 0 Å². The van der Waals surface area contributed by atoms with Gasteiger partial charge in [-0.2, -0.15) is 18.4 Å². The lowest BCUT2D eigenvalue weighted by Gasteiger charge is -2.12. The molecule has 0 fully saturated rings. The first kappa shape index (κ1) is 21.4. The van der Waals surface area contributed by atoms with Crippen molar-refractivity contribution >= 4 is 56.1 Å². The van der Waals surface area contributed by atoms with Crippen molar-refractivity contribution in [1.29, 1.82) is 5.26 Å². The van der Waals surface area contributed by atoms with Gasteiger partial charge in [0.1, 0.15) is 22.4 Å². The number of thioether (sulfide) groups is 1. The van der Waals surface area contributed by atoms with Gasteiger partial charge in [0.2, 0.25) is 0 Å². The second-order valence-electron chi connectivity index (χ2n) is 6.37. The van der Waals surface area contributed by atoms with Crippen molar-refractivity contribution in [3.8, 4) is 6.07 Å². The molecule has 0 saturated heterocycles. The summed E-state index contributed by atoms with van der Waals surface area (Å²) in [5.41, 5.74) is -0.212. The SMILES string of the molecule is CC(Sc1nnc2c(Cl)cc(C(F)(F)F)cn12)/C(O)=C(\C#N)c1nc2ccccc2s1. The molecule has 0 saturated carbocycles. The van der Waals surface area contributed by atoms with Crippen LogP contribution in [0.15, 0.2) is 47.4 Å². The van der Waals surface area contributed by atoms with Crippen molar-refractivity contribution in [2.45, 2.75) is 23.5 Å². The Kier molecular flexibility index (Phi) is 5.55. The standard InChI is InChI=1S/C19H11ClF3N5OS2/c1-9(15(29)11(7-24)17-25-13-4-2-3-5-14(13)31-17)30-18-27-26-16-12(20)6-10(8-28(16)18)19(21,22)23/h2-6,8-9,29H,1H3/b15-11-. The topological polar surface area (TPSA) is 87.1 Å². The highest BCUT2D eigenvalue weighted by atomic mass is 35.5. The minimum atomic E-state index is -4.60. The minimum Gasteiger partial charge on any atom is -0.510 e. The van der Waals surface area contributed by atoms with E-state index in [1.165, 1.54) is 11.3 Å². The molecule has 1 aromatic carbocycles. The highest BCUT2D eigenvalue weighted by Crippen LogP contribution is 2.36. The van der Waals surface area contributed by atoms with Crippen molar-refractivity contribution in [1.82, 2.24) is 19.6 Å². The van der Waals surface area contributed by atoms with E-state index in [1.807, 2.05) is 24.3 Å². The molecule has 0 aliphatic carbocycles. The lowest BCUT2D eigenvalue weighted by Crippen LogP contribution is -2.08. The van der Waals surface area contributed by atoms with Gasteiger partial charge in [0, 0.05) is 6.20 Å². The molecule has 4 aromatic rings. The zero-order chi connectivity index (χ0) is 22.3. The monoisotopic (exact) mass is 481 g/mol. The number of hydrogen-bond donors (Lipinski definition) is 1. The lowest BCUT2D eigenvalue weighted by atomic mass is 10.2. The van der Waals surface area contributed by atoms with Crippen LogP contribution < -0.4 is 0 Å². The molecule has 0 amide bonds. The van der Waals surface area contributed by atoms with Crippen LogP contribution in [0.3, 0.4) is 0 Å². The summed E-state index contributed by atoms with van der Waals surface area (Å²) in [4.78, 5) is 4.38. The Bertz CT molecular complexity index is 1340. The van der Waals surface area contributed by atoms with Gasteiger partial charge in [-0.3, -0.25) is 4.40 Å². The maximum Gasteiger partial charge on any atom is 0.417 e. The predicted octanol–water partition coefficient (Wildman–Crippen LogP) is 5.98. The summed E-state index contributed by atoms with van der Waals surface area (Å²) < 4.78 is 41.4. The van der Waals surface area contributed by atoms with Crippen LogP contribution in [-0.4, -0.2) is 29.9 Å².